The van der Waals surface area contributed by atoms with E-state index in [2.05, 4.69) is 34.0 Å². The first-order chi connectivity index (χ1) is 10.2. The minimum absolute atomic E-state index is 0.0231. The van der Waals surface area contributed by atoms with E-state index in [9.17, 15) is 4.79 Å². The molecule has 0 bridgehead atoms. The van der Waals surface area contributed by atoms with E-state index in [-0.39, 0.29) is 12.2 Å². The number of hydrogen-bond donors (Lipinski definition) is 1. The standard InChI is InChI=1S/C17H24N2OS/c1-2-3-14-16(20)19(11-17(7-8-17)13-4-5-13)15(18-14)12-6-9-21-10-12/h6,9-10,13-15,18H,2-5,7-8,11H2,1H3. The normalized spacial score (nSPS) is 30.9. The largest absolute Gasteiger partial charge is 0.321 e. The second-order valence-electron chi connectivity index (χ2n) is 7.07. The van der Waals surface area contributed by atoms with E-state index in [1.807, 2.05) is 0 Å². The first kappa shape index (κ1) is 13.8. The lowest BCUT2D eigenvalue weighted by molar-refractivity contribution is -0.131. The Bertz CT molecular complexity index is 519. The van der Waals surface area contributed by atoms with Crippen LogP contribution in [0.4, 0.5) is 0 Å². The van der Waals surface area contributed by atoms with Crippen LogP contribution in [0.3, 0.4) is 0 Å². The lowest BCUT2D eigenvalue weighted by atomic mass is 9.99. The van der Waals surface area contributed by atoms with Crippen molar-refractivity contribution in [2.24, 2.45) is 11.3 Å². The van der Waals surface area contributed by atoms with E-state index in [1.165, 1.54) is 31.2 Å². The molecule has 2 aliphatic carbocycles. The molecule has 3 fully saturated rings. The van der Waals surface area contributed by atoms with Crippen LogP contribution >= 0.6 is 11.3 Å². The number of thiophene rings is 1. The first-order valence-electron chi connectivity index (χ1n) is 8.32. The van der Waals surface area contributed by atoms with Crippen molar-refractivity contribution in [1.82, 2.24) is 10.2 Å². The third-order valence-electron chi connectivity index (χ3n) is 5.51. The highest BCUT2D eigenvalue weighted by Crippen LogP contribution is 2.62. The molecular formula is C17H24N2OS. The zero-order valence-electron chi connectivity index (χ0n) is 12.7. The van der Waals surface area contributed by atoms with Crippen molar-refractivity contribution in [2.75, 3.05) is 6.54 Å². The van der Waals surface area contributed by atoms with Gasteiger partial charge < -0.3 is 4.90 Å². The quantitative estimate of drug-likeness (QED) is 0.872. The molecule has 3 nitrogen and oxygen atoms in total. The zero-order valence-corrected chi connectivity index (χ0v) is 13.5. The van der Waals surface area contributed by atoms with Gasteiger partial charge in [-0.25, -0.2) is 0 Å². The molecule has 2 unspecified atom stereocenters. The van der Waals surface area contributed by atoms with Crippen LogP contribution in [0.5, 0.6) is 0 Å². The summed E-state index contributed by atoms with van der Waals surface area (Å²) < 4.78 is 0. The Labute approximate surface area is 130 Å². The van der Waals surface area contributed by atoms with Crippen LogP contribution in [0.2, 0.25) is 0 Å². The molecule has 2 heterocycles. The number of hydrogen-bond acceptors (Lipinski definition) is 3. The molecule has 1 aromatic rings. The van der Waals surface area contributed by atoms with E-state index in [1.54, 1.807) is 11.3 Å². The highest BCUT2D eigenvalue weighted by molar-refractivity contribution is 7.07. The van der Waals surface area contributed by atoms with E-state index in [0.29, 0.717) is 11.3 Å². The van der Waals surface area contributed by atoms with Crippen LogP contribution in [-0.2, 0) is 4.79 Å². The Morgan fingerprint density at radius 2 is 2.24 bits per heavy atom. The summed E-state index contributed by atoms with van der Waals surface area (Å²) in [6, 6.07) is 2.18. The molecule has 4 rings (SSSR count). The minimum atomic E-state index is 0.0231. The SMILES string of the molecule is CCCC1NC(c2ccsc2)N(CC2(C3CC3)CC2)C1=O. The molecule has 2 saturated carbocycles. The fourth-order valence-corrected chi connectivity index (χ4v) is 4.62. The Kier molecular flexibility index (Phi) is 3.34. The predicted molar refractivity (Wildman–Crippen MR) is 85.0 cm³/mol. The van der Waals surface area contributed by atoms with Crippen LogP contribution < -0.4 is 5.32 Å². The molecule has 114 valence electrons. The molecule has 2 atom stereocenters. The van der Waals surface area contributed by atoms with E-state index < -0.39 is 0 Å². The van der Waals surface area contributed by atoms with E-state index in [4.69, 9.17) is 0 Å². The molecule has 1 aromatic heterocycles. The number of nitrogens with one attached hydrogen (secondary N) is 1. The minimum Gasteiger partial charge on any atom is -0.321 e. The molecule has 4 heteroatoms. The fraction of sp³-hybridized carbons (Fsp3) is 0.706. The highest BCUT2D eigenvalue weighted by Gasteiger charge is 2.56. The fourth-order valence-electron chi connectivity index (χ4n) is 3.94. The maximum Gasteiger partial charge on any atom is 0.241 e. The van der Waals surface area contributed by atoms with Gasteiger partial charge in [-0.15, -0.1) is 0 Å². The average molecular weight is 304 g/mol. The monoisotopic (exact) mass is 304 g/mol. The Hall–Kier alpha value is -0.870. The van der Waals surface area contributed by atoms with Gasteiger partial charge in [-0.3, -0.25) is 10.1 Å². The number of carbonyl (C=O) groups is 1. The molecule has 1 amide bonds. The van der Waals surface area contributed by atoms with Gasteiger partial charge in [-0.05, 0) is 65.8 Å². The molecule has 0 aromatic carbocycles. The van der Waals surface area contributed by atoms with Crippen LogP contribution in [0.15, 0.2) is 16.8 Å². The summed E-state index contributed by atoms with van der Waals surface area (Å²) in [6.07, 6.45) is 7.55. The topological polar surface area (TPSA) is 32.3 Å². The van der Waals surface area contributed by atoms with Crippen molar-refractivity contribution in [1.29, 1.82) is 0 Å². The lowest BCUT2D eigenvalue weighted by Gasteiger charge is -2.28. The number of carbonyl (C=O) groups excluding carboxylic acids is 1. The van der Waals surface area contributed by atoms with Gasteiger partial charge in [0.1, 0.15) is 6.17 Å². The van der Waals surface area contributed by atoms with Gasteiger partial charge in [-0.2, -0.15) is 11.3 Å². The van der Waals surface area contributed by atoms with Crippen LogP contribution in [0.25, 0.3) is 0 Å². The van der Waals surface area contributed by atoms with Gasteiger partial charge in [-0.1, -0.05) is 13.3 Å². The Balaban J connectivity index is 1.56. The molecule has 0 spiro atoms. The number of amides is 1. The van der Waals surface area contributed by atoms with Gasteiger partial charge >= 0.3 is 0 Å². The molecule has 1 aliphatic heterocycles. The van der Waals surface area contributed by atoms with Crippen molar-refractivity contribution < 1.29 is 4.79 Å². The van der Waals surface area contributed by atoms with E-state index in [0.717, 1.165) is 25.3 Å². The summed E-state index contributed by atoms with van der Waals surface area (Å²) in [6.45, 7) is 3.13. The first-order valence-corrected chi connectivity index (χ1v) is 9.26. The Morgan fingerprint density at radius 3 is 2.81 bits per heavy atom. The summed E-state index contributed by atoms with van der Waals surface area (Å²) in [5.41, 5.74) is 1.74. The second kappa shape index (κ2) is 5.10. The second-order valence-corrected chi connectivity index (χ2v) is 7.85. The summed E-state index contributed by atoms with van der Waals surface area (Å²) in [4.78, 5) is 15.0. The maximum absolute atomic E-state index is 12.8. The molecular weight excluding hydrogens is 280 g/mol. The van der Waals surface area contributed by atoms with Gasteiger partial charge in [0, 0.05) is 6.54 Å². The van der Waals surface area contributed by atoms with Gasteiger partial charge in [0.25, 0.3) is 0 Å². The third-order valence-corrected chi connectivity index (χ3v) is 6.21. The smallest absolute Gasteiger partial charge is 0.241 e. The van der Waals surface area contributed by atoms with Crippen LogP contribution in [-0.4, -0.2) is 23.4 Å². The molecule has 1 saturated heterocycles. The molecule has 1 N–H and O–H groups in total. The van der Waals surface area contributed by atoms with Crippen molar-refractivity contribution in [2.45, 2.75) is 57.7 Å². The zero-order chi connectivity index (χ0) is 14.4. The van der Waals surface area contributed by atoms with E-state index >= 15 is 0 Å². The summed E-state index contributed by atoms with van der Waals surface area (Å²) >= 11 is 1.72. The summed E-state index contributed by atoms with van der Waals surface area (Å²) in [7, 11) is 0. The summed E-state index contributed by atoms with van der Waals surface area (Å²) in [5.74, 6) is 1.23. The van der Waals surface area contributed by atoms with Crippen LogP contribution in [0, 0.1) is 11.3 Å². The van der Waals surface area contributed by atoms with Gasteiger partial charge in [0.15, 0.2) is 0 Å². The van der Waals surface area contributed by atoms with Crippen molar-refractivity contribution in [3.63, 3.8) is 0 Å². The average Bonchev–Trinajstić information content (AvgIpc) is 3.38. The van der Waals surface area contributed by atoms with Crippen molar-refractivity contribution in [3.8, 4) is 0 Å². The number of nitrogens with zero attached hydrogens (tertiary/aromatic N) is 1. The van der Waals surface area contributed by atoms with Gasteiger partial charge in [0.05, 0.1) is 6.04 Å². The third kappa shape index (κ3) is 2.42. The lowest BCUT2D eigenvalue weighted by Crippen LogP contribution is -2.36. The predicted octanol–water partition coefficient (Wildman–Crippen LogP) is 3.54. The molecule has 3 aliphatic rings. The highest BCUT2D eigenvalue weighted by atomic mass is 32.1. The summed E-state index contributed by atoms with van der Waals surface area (Å²) in [5, 5.41) is 7.88. The van der Waals surface area contributed by atoms with Gasteiger partial charge in [0.2, 0.25) is 5.91 Å². The number of rotatable bonds is 6. The molecule has 0 radical (unpaired) electrons. The molecule has 21 heavy (non-hydrogen) atoms. The van der Waals surface area contributed by atoms with Crippen molar-refractivity contribution >= 4 is 17.2 Å². The maximum atomic E-state index is 12.8. The van der Waals surface area contributed by atoms with Crippen LogP contribution in [0.1, 0.15) is 57.2 Å². The van der Waals surface area contributed by atoms with Crippen molar-refractivity contribution in [3.05, 3.63) is 22.4 Å². The Morgan fingerprint density at radius 1 is 1.43 bits per heavy atom.